The molecular weight excluding hydrogens is 286 g/mol. The summed E-state index contributed by atoms with van der Waals surface area (Å²) in [6.07, 6.45) is 4.65. The highest BCUT2D eigenvalue weighted by Crippen LogP contribution is 2.29. The molecule has 0 amide bonds. The molecule has 0 heterocycles. The number of rotatable bonds is 10. The van der Waals surface area contributed by atoms with Gasteiger partial charge < -0.3 is 9.22 Å². The summed E-state index contributed by atoms with van der Waals surface area (Å²) in [5.74, 6) is -0.206. The van der Waals surface area contributed by atoms with E-state index in [4.69, 9.17) is 4.74 Å². The van der Waals surface area contributed by atoms with Crippen LogP contribution in [0, 0.1) is 0 Å². The Morgan fingerprint density at radius 2 is 1.74 bits per heavy atom. The first-order valence-corrected chi connectivity index (χ1v) is 9.01. The summed E-state index contributed by atoms with van der Waals surface area (Å²) >= 11 is 0. The summed E-state index contributed by atoms with van der Waals surface area (Å²) in [6, 6.07) is 10.4. The number of carbonyl (C=O) groups is 1. The molecule has 0 aromatic heterocycles. The fraction of sp³-hybridized carbons (Fsp3) is 0.650. The lowest BCUT2D eigenvalue weighted by molar-refractivity contribution is -0.935. The van der Waals surface area contributed by atoms with Gasteiger partial charge in [-0.3, -0.25) is 4.79 Å². The number of esters is 1. The Morgan fingerprint density at radius 1 is 1.09 bits per heavy atom. The van der Waals surface area contributed by atoms with Gasteiger partial charge in [0, 0.05) is 6.92 Å². The second kappa shape index (κ2) is 9.71. The zero-order valence-corrected chi connectivity index (χ0v) is 15.5. The molecule has 0 bridgehead atoms. The van der Waals surface area contributed by atoms with Crippen molar-refractivity contribution in [3.8, 4) is 0 Å². The topological polar surface area (TPSA) is 26.3 Å². The van der Waals surface area contributed by atoms with E-state index in [1.54, 1.807) is 0 Å². The molecule has 0 saturated carbocycles. The van der Waals surface area contributed by atoms with Crippen molar-refractivity contribution in [3.05, 3.63) is 35.9 Å². The average molecular weight is 320 g/mol. The molecule has 0 fully saturated rings. The van der Waals surface area contributed by atoms with E-state index in [1.807, 2.05) is 18.2 Å². The van der Waals surface area contributed by atoms with Crippen LogP contribution in [0.1, 0.15) is 65.0 Å². The molecular formula is C20H34NO2+. The van der Waals surface area contributed by atoms with Crippen molar-refractivity contribution >= 4 is 5.97 Å². The van der Waals surface area contributed by atoms with Crippen molar-refractivity contribution in [2.45, 2.75) is 65.5 Å². The van der Waals surface area contributed by atoms with Crippen LogP contribution < -0.4 is 0 Å². The third-order valence-electron chi connectivity index (χ3n) is 4.85. The van der Waals surface area contributed by atoms with Gasteiger partial charge in [-0.05, 0) is 31.7 Å². The third-order valence-corrected chi connectivity index (χ3v) is 4.85. The molecule has 1 rings (SSSR count). The van der Waals surface area contributed by atoms with Crippen LogP contribution in [-0.4, -0.2) is 36.6 Å². The monoisotopic (exact) mass is 320 g/mol. The van der Waals surface area contributed by atoms with E-state index >= 15 is 0 Å². The van der Waals surface area contributed by atoms with E-state index in [1.165, 1.54) is 26.2 Å². The van der Waals surface area contributed by atoms with Crippen molar-refractivity contribution in [1.29, 1.82) is 0 Å². The molecule has 1 unspecified atom stereocenters. The van der Waals surface area contributed by atoms with Crippen LogP contribution >= 0.6 is 0 Å². The van der Waals surface area contributed by atoms with Crippen molar-refractivity contribution in [2.24, 2.45) is 0 Å². The van der Waals surface area contributed by atoms with Gasteiger partial charge >= 0.3 is 5.97 Å². The third kappa shape index (κ3) is 5.98. The smallest absolute Gasteiger partial charge is 0.303 e. The fourth-order valence-electron chi connectivity index (χ4n) is 3.35. The van der Waals surface area contributed by atoms with Gasteiger partial charge in [0.05, 0.1) is 20.1 Å². The second-order valence-electron chi connectivity index (χ2n) is 6.82. The first-order chi connectivity index (χ1) is 10.9. The van der Waals surface area contributed by atoms with E-state index in [0.29, 0.717) is 0 Å². The Balaban J connectivity index is 3.02. The van der Waals surface area contributed by atoms with Gasteiger partial charge in [0.2, 0.25) is 0 Å². The van der Waals surface area contributed by atoms with E-state index < -0.39 is 0 Å². The summed E-state index contributed by atoms with van der Waals surface area (Å²) in [5.41, 5.74) is 1.09. The Hall–Kier alpha value is -1.35. The molecule has 0 spiro atoms. The average Bonchev–Trinajstić information content (AvgIpc) is 2.53. The van der Waals surface area contributed by atoms with Crippen LogP contribution in [0.5, 0.6) is 0 Å². The highest BCUT2D eigenvalue weighted by Gasteiger charge is 2.37. The highest BCUT2D eigenvalue weighted by molar-refractivity contribution is 5.66. The Morgan fingerprint density at radius 3 is 2.26 bits per heavy atom. The molecule has 3 atom stereocenters. The molecule has 3 nitrogen and oxygen atoms in total. The van der Waals surface area contributed by atoms with Gasteiger partial charge in [-0.25, -0.2) is 0 Å². The zero-order chi connectivity index (χ0) is 17.3. The Kier molecular flexibility index (Phi) is 8.32. The van der Waals surface area contributed by atoms with Crippen molar-refractivity contribution in [3.63, 3.8) is 0 Å². The van der Waals surface area contributed by atoms with Gasteiger partial charge in [0.1, 0.15) is 6.04 Å². The maximum absolute atomic E-state index is 11.6. The number of hydrogen-bond donors (Lipinski definition) is 0. The van der Waals surface area contributed by atoms with Gasteiger partial charge in [-0.1, -0.05) is 50.6 Å². The molecule has 0 aliphatic rings. The first-order valence-electron chi connectivity index (χ1n) is 9.01. The summed E-state index contributed by atoms with van der Waals surface area (Å²) < 4.78 is 6.69. The van der Waals surface area contributed by atoms with Crippen LogP contribution in [0.15, 0.2) is 30.3 Å². The number of likely N-dealkylation sites (N-methyl/N-ethyl adjacent to an activating group) is 1. The minimum Gasteiger partial charge on any atom is -0.451 e. The molecule has 0 saturated heterocycles. The zero-order valence-electron chi connectivity index (χ0n) is 15.5. The van der Waals surface area contributed by atoms with Crippen molar-refractivity contribution < 1.29 is 14.0 Å². The molecule has 0 aliphatic heterocycles. The lowest BCUT2D eigenvalue weighted by Gasteiger charge is -2.43. The number of hydrogen-bond acceptors (Lipinski definition) is 2. The lowest BCUT2D eigenvalue weighted by Crippen LogP contribution is -2.55. The predicted molar refractivity (Wildman–Crippen MR) is 96.1 cm³/mol. The van der Waals surface area contributed by atoms with Crippen molar-refractivity contribution in [1.82, 2.24) is 0 Å². The predicted octanol–water partition coefficient (Wildman–Crippen LogP) is 4.73. The van der Waals surface area contributed by atoms with E-state index in [9.17, 15) is 4.79 Å². The summed E-state index contributed by atoms with van der Waals surface area (Å²) in [7, 11) is 2.31. The van der Waals surface area contributed by atoms with Crippen LogP contribution in [0.25, 0.3) is 0 Å². The number of quaternary nitrogens is 1. The molecule has 23 heavy (non-hydrogen) atoms. The minimum absolute atomic E-state index is 0.188. The van der Waals surface area contributed by atoms with Crippen LogP contribution in [0.3, 0.4) is 0 Å². The largest absolute Gasteiger partial charge is 0.451 e. The Bertz CT molecular complexity index is 460. The maximum Gasteiger partial charge on any atom is 0.303 e. The molecule has 3 heteroatoms. The van der Waals surface area contributed by atoms with Gasteiger partial charge in [0.25, 0.3) is 0 Å². The molecule has 1 aromatic rings. The fourth-order valence-corrected chi connectivity index (χ4v) is 3.35. The standard InChI is InChI=1S/C20H34NO2/c1-6-8-12-16-21(5,15-7-2)17(3)20(23-18(4)22)19-13-10-9-11-14-19/h9-11,13-14,17,20H,6-8,12,15-16H2,1-5H3/q+1/t17-,20-,21?/m1/s1. The normalized spacial score (nSPS) is 16.4. The van der Waals surface area contributed by atoms with Crippen LogP contribution in [-0.2, 0) is 9.53 Å². The van der Waals surface area contributed by atoms with Gasteiger partial charge in [-0.2, -0.15) is 0 Å². The van der Waals surface area contributed by atoms with Crippen LogP contribution in [0.4, 0.5) is 0 Å². The first kappa shape index (κ1) is 19.7. The quantitative estimate of drug-likeness (QED) is 0.354. The highest BCUT2D eigenvalue weighted by atomic mass is 16.5. The molecule has 0 N–H and O–H groups in total. The number of unbranched alkanes of at least 4 members (excludes halogenated alkanes) is 2. The molecule has 130 valence electrons. The van der Waals surface area contributed by atoms with E-state index in [2.05, 4.69) is 40.0 Å². The molecule has 1 aromatic carbocycles. The number of nitrogens with zero attached hydrogens (tertiary/aromatic N) is 1. The van der Waals surface area contributed by atoms with Crippen LogP contribution in [0.2, 0.25) is 0 Å². The molecule has 0 aliphatic carbocycles. The molecule has 0 radical (unpaired) electrons. The summed E-state index contributed by atoms with van der Waals surface area (Å²) in [4.78, 5) is 11.6. The van der Waals surface area contributed by atoms with E-state index in [0.717, 1.165) is 29.6 Å². The summed E-state index contributed by atoms with van der Waals surface area (Å²) in [6.45, 7) is 10.4. The van der Waals surface area contributed by atoms with Crippen molar-refractivity contribution in [2.75, 3.05) is 20.1 Å². The van der Waals surface area contributed by atoms with Gasteiger partial charge in [-0.15, -0.1) is 0 Å². The number of benzene rings is 1. The number of carbonyl (C=O) groups excluding carboxylic acids is 1. The maximum atomic E-state index is 11.6. The second-order valence-corrected chi connectivity index (χ2v) is 6.82. The lowest BCUT2D eigenvalue weighted by atomic mass is 9.99. The Labute approximate surface area is 142 Å². The van der Waals surface area contributed by atoms with Gasteiger partial charge in [0.15, 0.2) is 6.10 Å². The summed E-state index contributed by atoms with van der Waals surface area (Å²) in [5, 5.41) is 0. The SMILES string of the molecule is CCCCC[N+](C)(CCC)[C@H](C)[C@@H](OC(C)=O)c1ccccc1. The number of ether oxygens (including phenoxy) is 1. The van der Waals surface area contributed by atoms with E-state index in [-0.39, 0.29) is 18.1 Å². The minimum atomic E-state index is -0.206.